The molecule has 3 heteroatoms. The Hall–Kier alpha value is -0.380. The van der Waals surface area contributed by atoms with Crippen LogP contribution in [0.25, 0.3) is 0 Å². The van der Waals surface area contributed by atoms with Gasteiger partial charge < -0.3 is 10.1 Å². The molecule has 0 amide bonds. The SMILES string of the molecule is CNC(CCC1CCCO1)c1ccsc1. The largest absolute Gasteiger partial charge is 0.378 e. The third-order valence-corrected chi connectivity index (χ3v) is 3.80. The van der Waals surface area contributed by atoms with Crippen molar-refractivity contribution in [3.63, 3.8) is 0 Å². The number of rotatable bonds is 5. The molecule has 1 saturated heterocycles. The first-order chi connectivity index (χ1) is 7.40. The number of ether oxygens (including phenoxy) is 1. The highest BCUT2D eigenvalue weighted by Gasteiger charge is 2.18. The minimum Gasteiger partial charge on any atom is -0.378 e. The third-order valence-electron chi connectivity index (χ3n) is 3.10. The molecule has 0 saturated carbocycles. The first-order valence-electron chi connectivity index (χ1n) is 5.71. The fourth-order valence-electron chi connectivity index (χ4n) is 2.18. The average molecular weight is 225 g/mol. The standard InChI is InChI=1S/C12H19NOS/c1-13-12(10-6-8-15-9-10)5-4-11-3-2-7-14-11/h6,8-9,11-13H,2-5,7H2,1H3. The summed E-state index contributed by atoms with van der Waals surface area (Å²) in [6, 6.07) is 2.71. The number of thiophene rings is 1. The molecule has 15 heavy (non-hydrogen) atoms. The van der Waals surface area contributed by atoms with Crippen LogP contribution in [0.4, 0.5) is 0 Å². The zero-order chi connectivity index (χ0) is 10.5. The van der Waals surface area contributed by atoms with Crippen molar-refractivity contribution >= 4 is 11.3 Å². The molecule has 84 valence electrons. The highest BCUT2D eigenvalue weighted by molar-refractivity contribution is 7.07. The number of hydrogen-bond acceptors (Lipinski definition) is 3. The van der Waals surface area contributed by atoms with Crippen LogP contribution in [0.3, 0.4) is 0 Å². The Bertz CT molecular complexity index is 267. The molecule has 0 aromatic carbocycles. The van der Waals surface area contributed by atoms with Crippen LogP contribution >= 0.6 is 11.3 Å². The van der Waals surface area contributed by atoms with E-state index in [1.165, 1.54) is 31.2 Å². The average Bonchev–Trinajstić information content (AvgIpc) is 2.90. The summed E-state index contributed by atoms with van der Waals surface area (Å²) >= 11 is 1.77. The summed E-state index contributed by atoms with van der Waals surface area (Å²) in [5.74, 6) is 0. The van der Waals surface area contributed by atoms with E-state index in [2.05, 4.69) is 22.1 Å². The second-order valence-corrected chi connectivity index (χ2v) is 4.89. The maximum atomic E-state index is 5.64. The summed E-state index contributed by atoms with van der Waals surface area (Å²) in [7, 11) is 2.04. The number of nitrogens with one attached hydrogen (secondary N) is 1. The Morgan fingerprint density at radius 2 is 2.60 bits per heavy atom. The molecule has 2 rings (SSSR count). The molecule has 0 bridgehead atoms. The summed E-state index contributed by atoms with van der Waals surface area (Å²) in [5, 5.41) is 7.76. The van der Waals surface area contributed by atoms with Gasteiger partial charge in [-0.2, -0.15) is 11.3 Å². The zero-order valence-electron chi connectivity index (χ0n) is 9.24. The molecular formula is C12H19NOS. The van der Waals surface area contributed by atoms with Gasteiger partial charge in [-0.25, -0.2) is 0 Å². The summed E-state index contributed by atoms with van der Waals surface area (Å²) in [6.07, 6.45) is 5.37. The smallest absolute Gasteiger partial charge is 0.0576 e. The molecule has 1 fully saturated rings. The Balaban J connectivity index is 1.80. The Morgan fingerprint density at radius 3 is 3.20 bits per heavy atom. The van der Waals surface area contributed by atoms with Gasteiger partial charge in [0.05, 0.1) is 6.10 Å². The van der Waals surface area contributed by atoms with Crippen molar-refractivity contribution in [2.75, 3.05) is 13.7 Å². The molecule has 1 N–H and O–H groups in total. The van der Waals surface area contributed by atoms with Crippen LogP contribution in [0, 0.1) is 0 Å². The maximum absolute atomic E-state index is 5.64. The molecule has 0 aliphatic carbocycles. The van der Waals surface area contributed by atoms with Gasteiger partial charge >= 0.3 is 0 Å². The predicted molar refractivity (Wildman–Crippen MR) is 64.3 cm³/mol. The molecule has 0 radical (unpaired) electrons. The van der Waals surface area contributed by atoms with Crippen molar-refractivity contribution in [1.29, 1.82) is 0 Å². The van der Waals surface area contributed by atoms with Gasteiger partial charge in [0.15, 0.2) is 0 Å². The van der Waals surface area contributed by atoms with Crippen molar-refractivity contribution in [3.8, 4) is 0 Å². The lowest BCUT2D eigenvalue weighted by atomic mass is 10.0. The normalized spacial score (nSPS) is 23.1. The van der Waals surface area contributed by atoms with Gasteiger partial charge in [0.25, 0.3) is 0 Å². The maximum Gasteiger partial charge on any atom is 0.0576 e. The van der Waals surface area contributed by atoms with E-state index in [1.807, 2.05) is 7.05 Å². The van der Waals surface area contributed by atoms with Gasteiger partial charge in [0, 0.05) is 12.6 Å². The highest BCUT2D eigenvalue weighted by Crippen LogP contribution is 2.24. The van der Waals surface area contributed by atoms with Gasteiger partial charge in [-0.05, 0) is 55.1 Å². The van der Waals surface area contributed by atoms with Gasteiger partial charge in [-0.1, -0.05) is 0 Å². The minimum absolute atomic E-state index is 0.500. The van der Waals surface area contributed by atoms with Crippen LogP contribution in [0.1, 0.15) is 37.3 Å². The molecule has 1 aliphatic rings. The summed E-state index contributed by atoms with van der Waals surface area (Å²) in [6.45, 7) is 0.966. The van der Waals surface area contributed by atoms with Crippen LogP contribution < -0.4 is 5.32 Å². The molecule has 2 nitrogen and oxygen atoms in total. The molecule has 2 heterocycles. The lowest BCUT2D eigenvalue weighted by molar-refractivity contribution is 0.0998. The van der Waals surface area contributed by atoms with Crippen molar-refractivity contribution in [2.45, 2.75) is 37.8 Å². The molecule has 2 atom stereocenters. The second-order valence-electron chi connectivity index (χ2n) is 4.11. The van der Waals surface area contributed by atoms with Crippen molar-refractivity contribution in [1.82, 2.24) is 5.32 Å². The van der Waals surface area contributed by atoms with Crippen molar-refractivity contribution in [2.24, 2.45) is 0 Å². The molecule has 0 spiro atoms. The summed E-state index contributed by atoms with van der Waals surface area (Å²) < 4.78 is 5.64. The fraction of sp³-hybridized carbons (Fsp3) is 0.667. The van der Waals surface area contributed by atoms with Crippen LogP contribution in [0.15, 0.2) is 16.8 Å². The first kappa shape index (κ1) is 11.1. The molecular weight excluding hydrogens is 206 g/mol. The van der Waals surface area contributed by atoms with Crippen LogP contribution in [0.2, 0.25) is 0 Å². The lowest BCUT2D eigenvalue weighted by Gasteiger charge is -2.17. The Kier molecular flexibility index (Phi) is 4.18. The van der Waals surface area contributed by atoms with E-state index >= 15 is 0 Å². The summed E-state index contributed by atoms with van der Waals surface area (Å²) in [5.41, 5.74) is 1.42. The van der Waals surface area contributed by atoms with E-state index in [1.54, 1.807) is 11.3 Å². The first-order valence-corrected chi connectivity index (χ1v) is 6.65. The third kappa shape index (κ3) is 3.03. The quantitative estimate of drug-likeness (QED) is 0.832. The molecule has 1 aliphatic heterocycles. The van der Waals surface area contributed by atoms with E-state index in [-0.39, 0.29) is 0 Å². The summed E-state index contributed by atoms with van der Waals surface area (Å²) in [4.78, 5) is 0. The lowest BCUT2D eigenvalue weighted by Crippen LogP contribution is -2.18. The highest BCUT2D eigenvalue weighted by atomic mass is 32.1. The van der Waals surface area contributed by atoms with E-state index in [9.17, 15) is 0 Å². The van der Waals surface area contributed by atoms with E-state index < -0.39 is 0 Å². The van der Waals surface area contributed by atoms with E-state index in [0.29, 0.717) is 12.1 Å². The second kappa shape index (κ2) is 5.64. The Morgan fingerprint density at radius 1 is 1.67 bits per heavy atom. The predicted octanol–water partition coefficient (Wildman–Crippen LogP) is 2.97. The van der Waals surface area contributed by atoms with Gasteiger partial charge in [0.1, 0.15) is 0 Å². The Labute approximate surface area is 95.6 Å². The van der Waals surface area contributed by atoms with E-state index in [4.69, 9.17) is 4.74 Å². The van der Waals surface area contributed by atoms with Gasteiger partial charge in [-0.3, -0.25) is 0 Å². The molecule has 2 unspecified atom stereocenters. The molecule has 1 aromatic rings. The zero-order valence-corrected chi connectivity index (χ0v) is 10.1. The van der Waals surface area contributed by atoms with Crippen LogP contribution in [0.5, 0.6) is 0 Å². The van der Waals surface area contributed by atoms with E-state index in [0.717, 1.165) is 6.61 Å². The topological polar surface area (TPSA) is 21.3 Å². The van der Waals surface area contributed by atoms with Gasteiger partial charge in [0.2, 0.25) is 0 Å². The molecule has 1 aromatic heterocycles. The fourth-order valence-corrected chi connectivity index (χ4v) is 2.89. The van der Waals surface area contributed by atoms with Gasteiger partial charge in [-0.15, -0.1) is 0 Å². The van der Waals surface area contributed by atoms with Crippen LogP contribution in [-0.4, -0.2) is 19.8 Å². The number of hydrogen-bond donors (Lipinski definition) is 1. The monoisotopic (exact) mass is 225 g/mol. The van der Waals surface area contributed by atoms with Crippen molar-refractivity contribution < 1.29 is 4.74 Å². The minimum atomic E-state index is 0.500. The van der Waals surface area contributed by atoms with Crippen LogP contribution in [-0.2, 0) is 4.74 Å². The van der Waals surface area contributed by atoms with Crippen molar-refractivity contribution in [3.05, 3.63) is 22.4 Å².